The van der Waals surface area contributed by atoms with Gasteiger partial charge in [-0.15, -0.1) is 18.9 Å². The van der Waals surface area contributed by atoms with Crippen molar-refractivity contribution < 1.29 is 28.8 Å². The van der Waals surface area contributed by atoms with Crippen LogP contribution in [0.15, 0.2) is 12.7 Å². The van der Waals surface area contributed by atoms with Crippen LogP contribution in [-0.2, 0) is 24.0 Å². The zero-order valence-corrected chi connectivity index (χ0v) is 27.9. The monoisotopic (exact) mass is 637 g/mol. The molecular formula is C35H51N5O6. The minimum absolute atomic E-state index is 0.00976. The molecule has 252 valence electrons. The standard InChI is InChI=1S/C35H51N5O6/c1-8-13-23(28(42)31(44)36-18-9-2)37-30(43)26-24-22(35(24,6)7)19-40(26)32(45)29(34(3,4)5)39-33(46)38-25(27(41)21-16-17-21)20-14-11-10-12-15-20/h1,9,20-26,29H,2,10-19H2,3-7H3,(H,36,44)(H,37,43)(H2,38,39,46)/t22-,23?,24-,25-,26-,29+/m0/s1. The summed E-state index contributed by atoms with van der Waals surface area (Å²) < 4.78 is 0. The number of terminal acetylenes is 1. The molecule has 6 atom stereocenters. The number of likely N-dealkylation sites (tertiary alicyclic amines) is 1. The van der Waals surface area contributed by atoms with Gasteiger partial charge in [-0.2, -0.15) is 0 Å². The van der Waals surface area contributed by atoms with Crippen LogP contribution < -0.4 is 21.3 Å². The number of amides is 5. The van der Waals surface area contributed by atoms with E-state index in [9.17, 15) is 28.8 Å². The molecule has 0 aromatic rings. The molecule has 4 fully saturated rings. The lowest BCUT2D eigenvalue weighted by Gasteiger charge is -2.38. The minimum atomic E-state index is -1.26. The molecule has 4 aliphatic rings. The maximum Gasteiger partial charge on any atom is 0.316 e. The van der Waals surface area contributed by atoms with Gasteiger partial charge in [0.2, 0.25) is 17.6 Å². The Bertz CT molecular complexity index is 1280. The van der Waals surface area contributed by atoms with Crippen LogP contribution in [-0.4, -0.2) is 77.5 Å². The Morgan fingerprint density at radius 3 is 2.22 bits per heavy atom. The fraction of sp³-hybridized carbons (Fsp3) is 0.714. The summed E-state index contributed by atoms with van der Waals surface area (Å²) in [7, 11) is 0. The van der Waals surface area contributed by atoms with Gasteiger partial charge in [0, 0.05) is 25.4 Å². The summed E-state index contributed by atoms with van der Waals surface area (Å²) in [5.41, 5.74) is -0.950. The van der Waals surface area contributed by atoms with Crippen molar-refractivity contribution in [1.29, 1.82) is 0 Å². The molecule has 11 heteroatoms. The van der Waals surface area contributed by atoms with Gasteiger partial charge < -0.3 is 26.2 Å². The first kappa shape index (κ1) is 35.2. The summed E-state index contributed by atoms with van der Waals surface area (Å²) in [4.78, 5) is 81.6. The smallest absolute Gasteiger partial charge is 0.316 e. The highest BCUT2D eigenvalue weighted by Crippen LogP contribution is 2.65. The van der Waals surface area contributed by atoms with E-state index >= 15 is 0 Å². The maximum atomic E-state index is 14.3. The van der Waals surface area contributed by atoms with Crippen molar-refractivity contribution in [2.24, 2.45) is 34.5 Å². The second-order valence-electron chi connectivity index (χ2n) is 15.2. The molecule has 1 heterocycles. The number of hydrogen-bond donors (Lipinski definition) is 4. The van der Waals surface area contributed by atoms with Gasteiger partial charge in [-0.3, -0.25) is 24.0 Å². The van der Waals surface area contributed by atoms with Gasteiger partial charge in [0.1, 0.15) is 18.1 Å². The fourth-order valence-corrected chi connectivity index (χ4v) is 7.45. The summed E-state index contributed by atoms with van der Waals surface area (Å²) in [5, 5.41) is 10.9. The van der Waals surface area contributed by atoms with Gasteiger partial charge in [-0.05, 0) is 54.3 Å². The third-order valence-corrected chi connectivity index (χ3v) is 10.4. The van der Waals surface area contributed by atoms with Crippen LogP contribution in [0.2, 0.25) is 0 Å². The van der Waals surface area contributed by atoms with E-state index in [-0.39, 0.29) is 47.8 Å². The molecule has 1 unspecified atom stereocenters. The van der Waals surface area contributed by atoms with Gasteiger partial charge in [0.15, 0.2) is 5.78 Å². The van der Waals surface area contributed by atoms with Crippen LogP contribution in [0.3, 0.4) is 0 Å². The van der Waals surface area contributed by atoms with E-state index in [4.69, 9.17) is 6.42 Å². The third kappa shape index (κ3) is 7.64. The predicted octanol–water partition coefficient (Wildman–Crippen LogP) is 2.49. The molecule has 0 bridgehead atoms. The highest BCUT2D eigenvalue weighted by Gasteiger charge is 2.70. The summed E-state index contributed by atoms with van der Waals surface area (Å²) in [5.74, 6) is -0.386. The van der Waals surface area contributed by atoms with Gasteiger partial charge in [-0.1, -0.05) is 60.0 Å². The van der Waals surface area contributed by atoms with Crippen molar-refractivity contribution in [2.75, 3.05) is 13.1 Å². The second-order valence-corrected chi connectivity index (χ2v) is 15.2. The van der Waals surface area contributed by atoms with Crippen LogP contribution >= 0.6 is 0 Å². The molecular weight excluding hydrogens is 586 g/mol. The lowest BCUT2D eigenvalue weighted by atomic mass is 9.81. The molecule has 0 radical (unpaired) electrons. The average Bonchev–Trinajstić information content (AvgIpc) is 3.89. The number of hydrogen-bond acceptors (Lipinski definition) is 6. The van der Waals surface area contributed by atoms with E-state index in [1.807, 2.05) is 34.6 Å². The van der Waals surface area contributed by atoms with Crippen LogP contribution in [0.1, 0.15) is 86.0 Å². The van der Waals surface area contributed by atoms with E-state index in [2.05, 4.69) is 33.8 Å². The fourth-order valence-electron chi connectivity index (χ4n) is 7.45. The molecule has 4 N–H and O–H groups in total. The van der Waals surface area contributed by atoms with E-state index < -0.39 is 59.1 Å². The topological polar surface area (TPSA) is 154 Å². The van der Waals surface area contributed by atoms with Crippen molar-refractivity contribution in [3.05, 3.63) is 12.7 Å². The SMILES string of the molecule is C#CCC(NC(=O)[C@@H]1[C@@H]2[C@H](CN1C(=O)[C@@H](NC(=O)N[C@H](C(=O)C1CC1)C1CCCCC1)C(C)(C)C)C2(C)C)C(=O)C(=O)NCC=C. The van der Waals surface area contributed by atoms with Crippen LogP contribution in [0.4, 0.5) is 4.79 Å². The molecule has 1 saturated heterocycles. The summed E-state index contributed by atoms with van der Waals surface area (Å²) >= 11 is 0. The van der Waals surface area contributed by atoms with Crippen molar-refractivity contribution >= 4 is 35.3 Å². The molecule has 11 nitrogen and oxygen atoms in total. The number of piperidine rings is 1. The normalized spacial score (nSPS) is 25.5. The predicted molar refractivity (Wildman–Crippen MR) is 173 cm³/mol. The van der Waals surface area contributed by atoms with Crippen molar-refractivity contribution in [3.63, 3.8) is 0 Å². The number of carbonyl (C=O) groups excluding carboxylic acids is 6. The number of urea groups is 1. The van der Waals surface area contributed by atoms with Gasteiger partial charge in [0.05, 0.1) is 6.04 Å². The van der Waals surface area contributed by atoms with Crippen molar-refractivity contribution in [3.8, 4) is 12.3 Å². The first-order valence-corrected chi connectivity index (χ1v) is 16.7. The lowest BCUT2D eigenvalue weighted by Crippen LogP contribution is -2.62. The average molecular weight is 638 g/mol. The number of nitrogens with zero attached hydrogens (tertiary/aromatic N) is 1. The Hall–Kier alpha value is -3.68. The molecule has 3 saturated carbocycles. The van der Waals surface area contributed by atoms with Gasteiger partial charge in [-0.25, -0.2) is 4.79 Å². The van der Waals surface area contributed by atoms with Crippen LogP contribution in [0.5, 0.6) is 0 Å². The Morgan fingerprint density at radius 1 is 1.00 bits per heavy atom. The third-order valence-electron chi connectivity index (χ3n) is 10.4. The zero-order valence-electron chi connectivity index (χ0n) is 27.9. The number of ketones is 2. The largest absolute Gasteiger partial charge is 0.346 e. The summed E-state index contributed by atoms with van der Waals surface area (Å²) in [6.45, 7) is 13.5. The van der Waals surface area contributed by atoms with Gasteiger partial charge in [0.25, 0.3) is 5.91 Å². The number of rotatable bonds is 13. The summed E-state index contributed by atoms with van der Waals surface area (Å²) in [6, 6.07) is -4.34. The van der Waals surface area contributed by atoms with E-state index in [0.717, 1.165) is 44.9 Å². The number of nitrogens with one attached hydrogen (secondary N) is 4. The minimum Gasteiger partial charge on any atom is -0.346 e. The van der Waals surface area contributed by atoms with E-state index in [1.165, 1.54) is 11.0 Å². The molecule has 4 rings (SSSR count). The zero-order chi connectivity index (χ0) is 34.0. The molecule has 0 aromatic heterocycles. The summed E-state index contributed by atoms with van der Waals surface area (Å²) in [6.07, 6.45) is 13.3. The van der Waals surface area contributed by atoms with E-state index in [1.54, 1.807) is 0 Å². The second kappa shape index (κ2) is 14.0. The first-order valence-electron chi connectivity index (χ1n) is 16.7. The highest BCUT2D eigenvalue weighted by molar-refractivity contribution is 6.38. The Balaban J connectivity index is 1.52. The quantitative estimate of drug-likeness (QED) is 0.138. The van der Waals surface area contributed by atoms with Gasteiger partial charge >= 0.3 is 6.03 Å². The number of carbonyl (C=O) groups is 6. The molecule has 1 aliphatic heterocycles. The number of fused-ring (bicyclic) bond motifs is 1. The van der Waals surface area contributed by atoms with Crippen LogP contribution in [0, 0.1) is 46.8 Å². The van der Waals surface area contributed by atoms with E-state index in [0.29, 0.717) is 6.54 Å². The van der Waals surface area contributed by atoms with Crippen molar-refractivity contribution in [2.45, 2.75) is 110 Å². The lowest BCUT2D eigenvalue weighted by molar-refractivity contribution is -0.145. The molecule has 0 aromatic carbocycles. The molecule has 3 aliphatic carbocycles. The first-order chi connectivity index (χ1) is 21.6. The van der Waals surface area contributed by atoms with Crippen LogP contribution in [0.25, 0.3) is 0 Å². The molecule has 46 heavy (non-hydrogen) atoms. The highest BCUT2D eigenvalue weighted by atomic mass is 16.2. The Kier molecular flexibility index (Phi) is 10.7. The molecule has 0 spiro atoms. The Morgan fingerprint density at radius 2 is 1.65 bits per heavy atom. The Labute approximate surface area is 272 Å². The number of Topliss-reactive ketones (excluding diaryl/α,β-unsaturated/α-hetero) is 2. The maximum absolute atomic E-state index is 14.3. The van der Waals surface area contributed by atoms with Crippen molar-refractivity contribution in [1.82, 2.24) is 26.2 Å². The molecule has 5 amide bonds.